The summed E-state index contributed by atoms with van der Waals surface area (Å²) in [6, 6.07) is 0.227. The first kappa shape index (κ1) is 11.2. The highest BCUT2D eigenvalue weighted by atomic mass is 15.1. The number of imidazole rings is 1. The lowest BCUT2D eigenvalue weighted by atomic mass is 9.92. The van der Waals surface area contributed by atoms with Crippen LogP contribution in [0.25, 0.3) is 0 Å². The van der Waals surface area contributed by atoms with E-state index < -0.39 is 0 Å². The fourth-order valence-electron chi connectivity index (χ4n) is 1.47. The van der Waals surface area contributed by atoms with Crippen LogP contribution in [0.3, 0.4) is 0 Å². The minimum absolute atomic E-state index is 0.143. The number of aromatic nitrogens is 2. The molecule has 1 atom stereocenters. The van der Waals surface area contributed by atoms with Crippen LogP contribution in [0.1, 0.15) is 39.8 Å². The Hall–Kier alpha value is -0.830. The lowest BCUT2D eigenvalue weighted by Gasteiger charge is -2.22. The third-order valence-electron chi connectivity index (χ3n) is 2.44. The van der Waals surface area contributed by atoms with Crippen LogP contribution in [-0.4, -0.2) is 15.6 Å². The third kappa shape index (κ3) is 2.58. The van der Waals surface area contributed by atoms with Gasteiger partial charge in [0.25, 0.3) is 0 Å². The number of hydrogen-bond donors (Lipinski definition) is 1. The van der Waals surface area contributed by atoms with Crippen molar-refractivity contribution in [1.82, 2.24) is 9.55 Å². The fraction of sp³-hybridized carbons (Fsp3) is 0.727. The highest BCUT2D eigenvalue weighted by molar-refractivity contribution is 5.10. The monoisotopic (exact) mass is 195 g/mol. The summed E-state index contributed by atoms with van der Waals surface area (Å²) in [4.78, 5) is 4.18. The molecule has 1 aromatic heterocycles. The Morgan fingerprint density at radius 2 is 2.14 bits per heavy atom. The summed E-state index contributed by atoms with van der Waals surface area (Å²) in [5, 5.41) is 0. The van der Waals surface area contributed by atoms with Gasteiger partial charge in [0.1, 0.15) is 0 Å². The molecule has 0 fully saturated rings. The minimum atomic E-state index is 0.143. The Balaban J connectivity index is 2.83. The Labute approximate surface area is 86.3 Å². The second kappa shape index (κ2) is 4.13. The average Bonchev–Trinajstić information content (AvgIpc) is 2.51. The van der Waals surface area contributed by atoms with Crippen molar-refractivity contribution in [3.63, 3.8) is 0 Å². The second-order valence-electron chi connectivity index (χ2n) is 4.85. The van der Waals surface area contributed by atoms with Crippen molar-refractivity contribution in [2.75, 3.05) is 0 Å². The zero-order valence-electron chi connectivity index (χ0n) is 9.62. The van der Waals surface area contributed by atoms with Gasteiger partial charge in [0.2, 0.25) is 0 Å². The van der Waals surface area contributed by atoms with E-state index in [1.807, 2.05) is 12.5 Å². The number of nitrogens with two attached hydrogens (primary N) is 1. The van der Waals surface area contributed by atoms with E-state index in [-0.39, 0.29) is 11.5 Å². The van der Waals surface area contributed by atoms with E-state index in [9.17, 15) is 0 Å². The highest BCUT2D eigenvalue weighted by Gasteiger charge is 2.18. The van der Waals surface area contributed by atoms with Crippen molar-refractivity contribution in [1.29, 1.82) is 0 Å². The first-order chi connectivity index (χ1) is 6.45. The molecule has 1 unspecified atom stereocenters. The van der Waals surface area contributed by atoms with E-state index in [4.69, 9.17) is 5.73 Å². The lowest BCUT2D eigenvalue weighted by Crippen LogP contribution is -2.28. The summed E-state index contributed by atoms with van der Waals surface area (Å²) in [5.74, 6) is 0. The van der Waals surface area contributed by atoms with E-state index in [1.54, 1.807) is 0 Å². The van der Waals surface area contributed by atoms with Gasteiger partial charge in [-0.2, -0.15) is 0 Å². The van der Waals surface area contributed by atoms with Crippen LogP contribution in [0, 0.1) is 0 Å². The Kier molecular flexibility index (Phi) is 3.32. The molecule has 0 aliphatic heterocycles. The molecule has 2 N–H and O–H groups in total. The number of hydrogen-bond acceptors (Lipinski definition) is 2. The molecule has 0 saturated carbocycles. The Morgan fingerprint density at radius 1 is 1.50 bits per heavy atom. The van der Waals surface area contributed by atoms with Crippen LogP contribution >= 0.6 is 0 Å². The molecule has 14 heavy (non-hydrogen) atoms. The zero-order chi connectivity index (χ0) is 10.8. The molecule has 0 saturated heterocycles. The lowest BCUT2D eigenvalue weighted by molar-refractivity contribution is 0.474. The van der Waals surface area contributed by atoms with E-state index in [0.717, 1.165) is 13.0 Å². The maximum absolute atomic E-state index is 5.93. The van der Waals surface area contributed by atoms with Gasteiger partial charge in [0.15, 0.2) is 0 Å². The van der Waals surface area contributed by atoms with Crippen LogP contribution in [0.15, 0.2) is 12.5 Å². The van der Waals surface area contributed by atoms with Gasteiger partial charge in [-0.25, -0.2) is 4.98 Å². The smallest absolute Gasteiger partial charge is 0.0948 e. The van der Waals surface area contributed by atoms with Gasteiger partial charge in [0.05, 0.1) is 6.33 Å². The van der Waals surface area contributed by atoms with Crippen LogP contribution in [0.4, 0.5) is 0 Å². The molecule has 0 aliphatic rings. The third-order valence-corrected chi connectivity index (χ3v) is 2.44. The van der Waals surface area contributed by atoms with Crippen molar-refractivity contribution in [3.8, 4) is 0 Å². The first-order valence-corrected chi connectivity index (χ1v) is 5.21. The van der Waals surface area contributed by atoms with Crippen molar-refractivity contribution < 1.29 is 0 Å². The molecular weight excluding hydrogens is 174 g/mol. The fourth-order valence-corrected chi connectivity index (χ4v) is 1.47. The molecule has 3 nitrogen and oxygen atoms in total. The van der Waals surface area contributed by atoms with E-state index >= 15 is 0 Å². The van der Waals surface area contributed by atoms with Crippen molar-refractivity contribution in [3.05, 3.63) is 18.2 Å². The molecule has 0 radical (unpaired) electrons. The molecule has 0 amide bonds. The zero-order valence-corrected chi connectivity index (χ0v) is 9.62. The SMILES string of the molecule is CCC(N)Cn1cncc1C(C)(C)C. The second-order valence-corrected chi connectivity index (χ2v) is 4.85. The Morgan fingerprint density at radius 3 is 2.64 bits per heavy atom. The molecular formula is C11H21N3. The first-order valence-electron chi connectivity index (χ1n) is 5.21. The number of nitrogens with zero attached hydrogens (tertiary/aromatic N) is 2. The van der Waals surface area contributed by atoms with Gasteiger partial charge in [-0.15, -0.1) is 0 Å². The van der Waals surface area contributed by atoms with E-state index in [1.165, 1.54) is 5.69 Å². The summed E-state index contributed by atoms with van der Waals surface area (Å²) >= 11 is 0. The van der Waals surface area contributed by atoms with Gasteiger partial charge in [-0.05, 0) is 6.42 Å². The van der Waals surface area contributed by atoms with Crippen molar-refractivity contribution >= 4 is 0 Å². The summed E-state index contributed by atoms with van der Waals surface area (Å²) in [5.41, 5.74) is 7.32. The van der Waals surface area contributed by atoms with Crippen LogP contribution in [0.2, 0.25) is 0 Å². The van der Waals surface area contributed by atoms with Crippen molar-refractivity contribution in [2.45, 2.75) is 52.1 Å². The Bertz CT molecular complexity index is 283. The maximum Gasteiger partial charge on any atom is 0.0948 e. The van der Waals surface area contributed by atoms with E-state index in [0.29, 0.717) is 0 Å². The minimum Gasteiger partial charge on any atom is -0.333 e. The molecule has 80 valence electrons. The molecule has 0 bridgehead atoms. The predicted molar refractivity (Wildman–Crippen MR) is 59.2 cm³/mol. The van der Waals surface area contributed by atoms with E-state index in [2.05, 4.69) is 37.2 Å². The number of rotatable bonds is 3. The van der Waals surface area contributed by atoms with Crippen molar-refractivity contribution in [2.24, 2.45) is 5.73 Å². The maximum atomic E-state index is 5.93. The van der Waals surface area contributed by atoms with Gasteiger partial charge in [-0.1, -0.05) is 27.7 Å². The van der Waals surface area contributed by atoms with Gasteiger partial charge >= 0.3 is 0 Å². The predicted octanol–water partition coefficient (Wildman–Crippen LogP) is 1.92. The van der Waals surface area contributed by atoms with Gasteiger partial charge < -0.3 is 10.3 Å². The van der Waals surface area contributed by atoms with Gasteiger partial charge in [-0.3, -0.25) is 0 Å². The topological polar surface area (TPSA) is 43.8 Å². The highest BCUT2D eigenvalue weighted by Crippen LogP contribution is 2.21. The summed E-state index contributed by atoms with van der Waals surface area (Å²) in [6.45, 7) is 9.55. The molecule has 1 aromatic rings. The molecule has 1 rings (SSSR count). The van der Waals surface area contributed by atoms with Crippen LogP contribution < -0.4 is 5.73 Å². The molecule has 0 aromatic carbocycles. The summed E-state index contributed by atoms with van der Waals surface area (Å²) in [6.07, 6.45) is 4.81. The molecule has 3 heteroatoms. The average molecular weight is 195 g/mol. The summed E-state index contributed by atoms with van der Waals surface area (Å²) < 4.78 is 2.16. The summed E-state index contributed by atoms with van der Waals surface area (Å²) in [7, 11) is 0. The normalized spacial score (nSPS) is 14.4. The quantitative estimate of drug-likeness (QED) is 0.800. The molecule has 0 aliphatic carbocycles. The van der Waals surface area contributed by atoms with Crippen LogP contribution in [0.5, 0.6) is 0 Å². The van der Waals surface area contributed by atoms with Gasteiger partial charge in [0, 0.05) is 29.9 Å². The van der Waals surface area contributed by atoms with Crippen LogP contribution in [-0.2, 0) is 12.0 Å². The molecule has 0 spiro atoms. The molecule has 1 heterocycles. The largest absolute Gasteiger partial charge is 0.333 e. The standard InChI is InChI=1S/C11H21N3/c1-5-9(12)7-14-8-13-6-10(14)11(2,3)4/h6,8-9H,5,7,12H2,1-4H3.